The van der Waals surface area contributed by atoms with Crippen molar-refractivity contribution in [1.29, 1.82) is 0 Å². The Morgan fingerprint density at radius 2 is 1.85 bits per heavy atom. The molecule has 0 fully saturated rings. The molecule has 1 aromatic heterocycles. The number of hydrogen-bond acceptors (Lipinski definition) is 2. The highest BCUT2D eigenvalue weighted by molar-refractivity contribution is 5.76. The maximum absolute atomic E-state index is 5.72. The molecule has 20 heavy (non-hydrogen) atoms. The molecule has 0 spiro atoms. The van der Waals surface area contributed by atoms with Crippen molar-refractivity contribution in [3.63, 3.8) is 0 Å². The molecular formula is C17H17N3. The molecule has 2 N–H and O–H groups in total. The van der Waals surface area contributed by atoms with E-state index in [9.17, 15) is 0 Å². The number of allylic oxidation sites excluding steroid dienone is 1. The van der Waals surface area contributed by atoms with E-state index < -0.39 is 0 Å². The van der Waals surface area contributed by atoms with Crippen LogP contribution in [0.1, 0.15) is 11.4 Å². The smallest absolute Gasteiger partial charge is 0.114 e. The molecule has 100 valence electrons. The predicted molar refractivity (Wildman–Crippen MR) is 83.6 cm³/mol. The Bertz CT molecular complexity index is 739. The van der Waals surface area contributed by atoms with Crippen molar-refractivity contribution in [3.8, 4) is 0 Å². The van der Waals surface area contributed by atoms with Crippen LogP contribution in [0.3, 0.4) is 0 Å². The highest BCUT2D eigenvalue weighted by Crippen LogP contribution is 2.19. The van der Waals surface area contributed by atoms with Gasteiger partial charge in [-0.3, -0.25) is 0 Å². The van der Waals surface area contributed by atoms with Gasteiger partial charge in [-0.05, 0) is 29.8 Å². The number of fused-ring (bicyclic) bond motifs is 1. The van der Waals surface area contributed by atoms with Crippen LogP contribution in [-0.2, 0) is 13.0 Å². The van der Waals surface area contributed by atoms with E-state index in [4.69, 9.17) is 10.7 Å². The Morgan fingerprint density at radius 3 is 2.60 bits per heavy atom. The summed E-state index contributed by atoms with van der Waals surface area (Å²) in [4.78, 5) is 4.73. The zero-order valence-corrected chi connectivity index (χ0v) is 11.3. The molecule has 0 aliphatic heterocycles. The first kappa shape index (κ1) is 12.5. The van der Waals surface area contributed by atoms with E-state index >= 15 is 0 Å². The van der Waals surface area contributed by atoms with Gasteiger partial charge in [-0.1, -0.05) is 30.3 Å². The second-order valence-electron chi connectivity index (χ2n) is 4.83. The fourth-order valence-corrected chi connectivity index (χ4v) is 2.41. The summed E-state index contributed by atoms with van der Waals surface area (Å²) in [6, 6.07) is 16.1. The summed E-state index contributed by atoms with van der Waals surface area (Å²) in [6.07, 6.45) is 2.70. The molecule has 0 saturated heterocycles. The lowest BCUT2D eigenvalue weighted by molar-refractivity contribution is 0.780. The monoisotopic (exact) mass is 263 g/mol. The molecule has 0 unspecified atom stereocenters. The Kier molecular flexibility index (Phi) is 3.25. The second-order valence-corrected chi connectivity index (χ2v) is 4.83. The number of anilines is 1. The highest BCUT2D eigenvalue weighted by Gasteiger charge is 2.09. The molecule has 0 atom stereocenters. The summed E-state index contributed by atoms with van der Waals surface area (Å²) < 4.78 is 2.21. The third-order valence-corrected chi connectivity index (χ3v) is 3.39. The SMILES string of the molecule is C=CCn1c(Cc2ccc(N)cc2)nc2ccccc21. The van der Waals surface area contributed by atoms with Crippen LogP contribution in [0.15, 0.2) is 61.2 Å². The van der Waals surface area contributed by atoms with Crippen molar-refractivity contribution in [2.45, 2.75) is 13.0 Å². The average Bonchev–Trinajstić information content (AvgIpc) is 2.80. The van der Waals surface area contributed by atoms with E-state index in [1.807, 2.05) is 48.5 Å². The topological polar surface area (TPSA) is 43.8 Å². The molecular weight excluding hydrogens is 246 g/mol. The minimum Gasteiger partial charge on any atom is -0.399 e. The Labute approximate surface area is 118 Å². The summed E-state index contributed by atoms with van der Waals surface area (Å²) in [7, 11) is 0. The Morgan fingerprint density at radius 1 is 1.10 bits per heavy atom. The molecule has 0 radical (unpaired) electrons. The van der Waals surface area contributed by atoms with Gasteiger partial charge in [0.15, 0.2) is 0 Å². The molecule has 0 amide bonds. The van der Waals surface area contributed by atoms with E-state index in [2.05, 4.69) is 17.2 Å². The third-order valence-electron chi connectivity index (χ3n) is 3.39. The summed E-state index contributed by atoms with van der Waals surface area (Å²) in [5.41, 5.74) is 9.90. The van der Waals surface area contributed by atoms with Gasteiger partial charge in [-0.2, -0.15) is 0 Å². The second kappa shape index (κ2) is 5.21. The molecule has 3 aromatic rings. The number of rotatable bonds is 4. The normalized spacial score (nSPS) is 10.8. The summed E-state index contributed by atoms with van der Waals surface area (Å²) in [5, 5.41) is 0. The van der Waals surface area contributed by atoms with Crippen LogP contribution < -0.4 is 5.73 Å². The number of nitrogens with two attached hydrogens (primary N) is 1. The Hall–Kier alpha value is -2.55. The first-order valence-corrected chi connectivity index (χ1v) is 6.67. The van der Waals surface area contributed by atoms with Gasteiger partial charge in [0.05, 0.1) is 11.0 Å². The average molecular weight is 263 g/mol. The first-order valence-electron chi connectivity index (χ1n) is 6.67. The standard InChI is InChI=1S/C17H17N3/c1-2-11-20-16-6-4-3-5-15(16)19-17(20)12-13-7-9-14(18)10-8-13/h2-10H,1,11-12,18H2. The van der Waals surface area contributed by atoms with Crippen LogP contribution in [0.5, 0.6) is 0 Å². The van der Waals surface area contributed by atoms with Crippen LogP contribution in [0.4, 0.5) is 5.69 Å². The predicted octanol–water partition coefficient (Wildman–Crippen LogP) is 3.40. The van der Waals surface area contributed by atoms with E-state index in [0.29, 0.717) is 0 Å². The molecule has 3 rings (SSSR count). The van der Waals surface area contributed by atoms with Gasteiger partial charge in [-0.25, -0.2) is 4.98 Å². The number of nitrogens with zero attached hydrogens (tertiary/aromatic N) is 2. The van der Waals surface area contributed by atoms with Crippen molar-refractivity contribution in [2.24, 2.45) is 0 Å². The maximum atomic E-state index is 5.72. The minimum atomic E-state index is 0.769. The van der Waals surface area contributed by atoms with E-state index in [1.54, 1.807) is 0 Å². The molecule has 2 aromatic carbocycles. The van der Waals surface area contributed by atoms with Gasteiger partial charge in [0, 0.05) is 18.7 Å². The van der Waals surface area contributed by atoms with E-state index in [0.717, 1.165) is 35.5 Å². The molecule has 1 heterocycles. The lowest BCUT2D eigenvalue weighted by Crippen LogP contribution is -2.03. The van der Waals surface area contributed by atoms with Crippen molar-refractivity contribution >= 4 is 16.7 Å². The largest absolute Gasteiger partial charge is 0.399 e. The van der Waals surface area contributed by atoms with E-state index in [1.165, 1.54) is 5.56 Å². The number of aromatic nitrogens is 2. The van der Waals surface area contributed by atoms with Crippen molar-refractivity contribution in [2.75, 3.05) is 5.73 Å². The molecule has 0 bridgehead atoms. The summed E-state index contributed by atoms with van der Waals surface area (Å²) >= 11 is 0. The Balaban J connectivity index is 2.03. The number of hydrogen-bond donors (Lipinski definition) is 1. The van der Waals surface area contributed by atoms with Crippen molar-refractivity contribution in [1.82, 2.24) is 9.55 Å². The lowest BCUT2D eigenvalue weighted by Gasteiger charge is -2.06. The number of imidazole rings is 1. The molecule has 3 heteroatoms. The molecule has 0 aliphatic carbocycles. The molecule has 0 aliphatic rings. The van der Waals surface area contributed by atoms with Crippen molar-refractivity contribution < 1.29 is 0 Å². The van der Waals surface area contributed by atoms with Gasteiger partial charge in [0.2, 0.25) is 0 Å². The fraction of sp³-hybridized carbons (Fsp3) is 0.118. The number of benzene rings is 2. The number of nitrogen functional groups attached to an aromatic ring is 1. The number of para-hydroxylation sites is 2. The van der Waals surface area contributed by atoms with Crippen LogP contribution in [0.25, 0.3) is 11.0 Å². The molecule has 3 nitrogen and oxygen atoms in total. The van der Waals surface area contributed by atoms with Gasteiger partial charge >= 0.3 is 0 Å². The van der Waals surface area contributed by atoms with Gasteiger partial charge in [0.1, 0.15) is 5.82 Å². The van der Waals surface area contributed by atoms with Gasteiger partial charge in [-0.15, -0.1) is 6.58 Å². The van der Waals surface area contributed by atoms with Gasteiger partial charge < -0.3 is 10.3 Å². The minimum absolute atomic E-state index is 0.769. The highest BCUT2D eigenvalue weighted by atomic mass is 15.1. The maximum Gasteiger partial charge on any atom is 0.114 e. The van der Waals surface area contributed by atoms with Crippen LogP contribution >= 0.6 is 0 Å². The van der Waals surface area contributed by atoms with Crippen LogP contribution in [-0.4, -0.2) is 9.55 Å². The summed E-state index contributed by atoms with van der Waals surface area (Å²) in [6.45, 7) is 4.61. The molecule has 0 saturated carbocycles. The van der Waals surface area contributed by atoms with Crippen LogP contribution in [0, 0.1) is 0 Å². The fourth-order valence-electron chi connectivity index (χ4n) is 2.41. The quantitative estimate of drug-likeness (QED) is 0.579. The van der Waals surface area contributed by atoms with E-state index in [-0.39, 0.29) is 0 Å². The first-order chi connectivity index (χ1) is 9.78. The van der Waals surface area contributed by atoms with Crippen molar-refractivity contribution in [3.05, 3.63) is 72.6 Å². The summed E-state index contributed by atoms with van der Waals surface area (Å²) in [5.74, 6) is 1.05. The zero-order valence-electron chi connectivity index (χ0n) is 11.3. The third kappa shape index (κ3) is 2.30. The lowest BCUT2D eigenvalue weighted by atomic mass is 10.1. The van der Waals surface area contributed by atoms with Gasteiger partial charge in [0.25, 0.3) is 0 Å². The van der Waals surface area contributed by atoms with Crippen LogP contribution in [0.2, 0.25) is 0 Å². The zero-order chi connectivity index (χ0) is 13.9.